The van der Waals surface area contributed by atoms with Crippen molar-refractivity contribution in [2.24, 2.45) is 11.7 Å². The van der Waals surface area contributed by atoms with Crippen molar-refractivity contribution in [1.82, 2.24) is 4.90 Å². The molecule has 0 bridgehead atoms. The van der Waals surface area contributed by atoms with E-state index < -0.39 is 12.6 Å². The topological polar surface area (TPSA) is 110 Å². The molecule has 1 aromatic rings. The number of aryl methyl sites for hydroxylation is 1. The monoisotopic (exact) mass is 320 g/mol. The Morgan fingerprint density at radius 1 is 1.30 bits per heavy atom. The van der Waals surface area contributed by atoms with E-state index in [-0.39, 0.29) is 29.0 Å². The molecule has 0 spiro atoms. The number of nitrogens with two attached hydrogens (primary N) is 1. The van der Waals surface area contributed by atoms with E-state index in [4.69, 9.17) is 10.5 Å². The maximum Gasteiger partial charge on any atom is 0.342 e. The van der Waals surface area contributed by atoms with Crippen LogP contribution in [-0.4, -0.2) is 47.5 Å². The summed E-state index contributed by atoms with van der Waals surface area (Å²) in [6, 6.07) is 4.73. The maximum atomic E-state index is 12.0. The third-order valence-electron chi connectivity index (χ3n) is 4.03. The van der Waals surface area contributed by atoms with Crippen LogP contribution in [0.15, 0.2) is 18.2 Å². The molecule has 7 nitrogen and oxygen atoms in total. The van der Waals surface area contributed by atoms with Crippen molar-refractivity contribution in [2.75, 3.05) is 19.7 Å². The number of piperidine rings is 1. The molecule has 0 aromatic heterocycles. The van der Waals surface area contributed by atoms with E-state index in [9.17, 15) is 19.5 Å². The highest BCUT2D eigenvalue weighted by Crippen LogP contribution is 2.22. The molecule has 1 aromatic carbocycles. The molecule has 1 fully saturated rings. The highest BCUT2D eigenvalue weighted by atomic mass is 16.5. The Labute approximate surface area is 134 Å². The number of primary amides is 1. The number of aromatic hydroxyl groups is 1. The van der Waals surface area contributed by atoms with Crippen LogP contribution >= 0.6 is 0 Å². The number of carbonyl (C=O) groups excluding carboxylic acids is 3. The standard InChI is InChI=1S/C16H20N2O5/c1-10-3-2-4-12(14(10)20)16(22)23-9-13(19)18-7-5-11(6-8-18)15(17)21/h2-4,11,20H,5-9H2,1H3,(H2,17,21). The number of hydrogen-bond acceptors (Lipinski definition) is 5. The first-order valence-electron chi connectivity index (χ1n) is 7.43. The summed E-state index contributed by atoms with van der Waals surface area (Å²) in [5.41, 5.74) is 5.83. The number of nitrogens with zero attached hydrogens (tertiary/aromatic N) is 1. The van der Waals surface area contributed by atoms with Crippen LogP contribution in [0.25, 0.3) is 0 Å². The molecule has 0 atom stereocenters. The highest BCUT2D eigenvalue weighted by Gasteiger charge is 2.26. The quantitative estimate of drug-likeness (QED) is 0.789. The molecular formula is C16H20N2O5. The van der Waals surface area contributed by atoms with E-state index in [2.05, 4.69) is 0 Å². The molecule has 0 unspecified atom stereocenters. The van der Waals surface area contributed by atoms with Gasteiger partial charge in [-0.1, -0.05) is 12.1 Å². The Kier molecular flexibility index (Phi) is 5.20. The summed E-state index contributed by atoms with van der Waals surface area (Å²) in [6.45, 7) is 2.10. The lowest BCUT2D eigenvalue weighted by Crippen LogP contribution is -2.43. The summed E-state index contributed by atoms with van der Waals surface area (Å²) in [4.78, 5) is 36.6. The molecular weight excluding hydrogens is 300 g/mol. The Balaban J connectivity index is 1.86. The van der Waals surface area contributed by atoms with Gasteiger partial charge in [0, 0.05) is 19.0 Å². The molecule has 3 N–H and O–H groups in total. The molecule has 23 heavy (non-hydrogen) atoms. The van der Waals surface area contributed by atoms with Crippen LogP contribution in [0, 0.1) is 12.8 Å². The zero-order valence-corrected chi connectivity index (χ0v) is 12.9. The third kappa shape index (κ3) is 4.00. The van der Waals surface area contributed by atoms with Gasteiger partial charge in [0.25, 0.3) is 5.91 Å². The van der Waals surface area contributed by atoms with E-state index in [1.54, 1.807) is 24.0 Å². The van der Waals surface area contributed by atoms with Gasteiger partial charge in [0.1, 0.15) is 11.3 Å². The van der Waals surface area contributed by atoms with E-state index in [1.807, 2.05) is 0 Å². The van der Waals surface area contributed by atoms with Crippen LogP contribution in [0.3, 0.4) is 0 Å². The number of phenols is 1. The van der Waals surface area contributed by atoms with Crippen LogP contribution in [0.5, 0.6) is 5.75 Å². The molecule has 7 heteroatoms. The fraction of sp³-hybridized carbons (Fsp3) is 0.438. The van der Waals surface area contributed by atoms with Crippen molar-refractivity contribution in [3.63, 3.8) is 0 Å². The smallest absolute Gasteiger partial charge is 0.342 e. The van der Waals surface area contributed by atoms with Gasteiger partial charge < -0.3 is 20.5 Å². The van der Waals surface area contributed by atoms with E-state index >= 15 is 0 Å². The van der Waals surface area contributed by atoms with Gasteiger partial charge in [-0.2, -0.15) is 0 Å². The van der Waals surface area contributed by atoms with Crippen molar-refractivity contribution in [3.8, 4) is 5.75 Å². The second-order valence-corrected chi connectivity index (χ2v) is 5.60. The van der Waals surface area contributed by atoms with Crippen LogP contribution < -0.4 is 5.73 Å². The summed E-state index contributed by atoms with van der Waals surface area (Å²) < 4.78 is 4.97. The average molecular weight is 320 g/mol. The molecule has 0 saturated carbocycles. The Morgan fingerprint density at radius 3 is 2.57 bits per heavy atom. The van der Waals surface area contributed by atoms with Gasteiger partial charge in [0.05, 0.1) is 0 Å². The van der Waals surface area contributed by atoms with Gasteiger partial charge in [-0.25, -0.2) is 4.79 Å². The number of rotatable bonds is 4. The number of benzene rings is 1. The zero-order chi connectivity index (χ0) is 17.0. The molecule has 1 aliphatic heterocycles. The average Bonchev–Trinajstić information content (AvgIpc) is 2.55. The van der Waals surface area contributed by atoms with Crippen molar-refractivity contribution < 1.29 is 24.2 Å². The van der Waals surface area contributed by atoms with Crippen molar-refractivity contribution in [1.29, 1.82) is 0 Å². The second kappa shape index (κ2) is 7.13. The number of ether oxygens (including phenoxy) is 1. The van der Waals surface area contributed by atoms with Crippen LogP contribution in [0.1, 0.15) is 28.8 Å². The van der Waals surface area contributed by atoms with Crippen molar-refractivity contribution >= 4 is 17.8 Å². The third-order valence-corrected chi connectivity index (χ3v) is 4.03. The lowest BCUT2D eigenvalue weighted by atomic mass is 9.96. The minimum absolute atomic E-state index is 0.0326. The first kappa shape index (κ1) is 16.8. The van der Waals surface area contributed by atoms with Gasteiger partial charge >= 0.3 is 5.97 Å². The first-order valence-corrected chi connectivity index (χ1v) is 7.43. The summed E-state index contributed by atoms with van der Waals surface area (Å²) in [6.07, 6.45) is 1.04. The Morgan fingerprint density at radius 2 is 1.96 bits per heavy atom. The van der Waals surface area contributed by atoms with Gasteiger partial charge in [-0.3, -0.25) is 9.59 Å². The van der Waals surface area contributed by atoms with Gasteiger partial charge in [0.2, 0.25) is 5.91 Å². The van der Waals surface area contributed by atoms with Gasteiger partial charge in [0.15, 0.2) is 6.61 Å². The molecule has 2 rings (SSSR count). The minimum Gasteiger partial charge on any atom is -0.507 e. The predicted molar refractivity (Wildman–Crippen MR) is 81.6 cm³/mol. The Hall–Kier alpha value is -2.57. The number of esters is 1. The number of likely N-dealkylation sites (tertiary alicyclic amines) is 1. The SMILES string of the molecule is Cc1cccc(C(=O)OCC(=O)N2CCC(C(N)=O)CC2)c1O. The lowest BCUT2D eigenvalue weighted by Gasteiger charge is -2.30. The van der Waals surface area contributed by atoms with Crippen LogP contribution in [0.2, 0.25) is 0 Å². The predicted octanol–water partition coefficient (Wildman–Crippen LogP) is 0.581. The largest absolute Gasteiger partial charge is 0.507 e. The van der Waals surface area contributed by atoms with Gasteiger partial charge in [-0.05, 0) is 31.4 Å². The highest BCUT2D eigenvalue weighted by molar-refractivity contribution is 5.94. The van der Waals surface area contributed by atoms with E-state index in [0.29, 0.717) is 31.5 Å². The number of para-hydroxylation sites is 1. The molecule has 1 heterocycles. The molecule has 1 aliphatic rings. The number of carbonyl (C=O) groups is 3. The van der Waals surface area contributed by atoms with Crippen LogP contribution in [0.4, 0.5) is 0 Å². The fourth-order valence-corrected chi connectivity index (χ4v) is 2.53. The zero-order valence-electron chi connectivity index (χ0n) is 12.9. The molecule has 0 aliphatic carbocycles. The van der Waals surface area contributed by atoms with Crippen molar-refractivity contribution in [3.05, 3.63) is 29.3 Å². The van der Waals surface area contributed by atoms with Gasteiger partial charge in [-0.15, -0.1) is 0 Å². The summed E-state index contributed by atoms with van der Waals surface area (Å²) >= 11 is 0. The molecule has 124 valence electrons. The second-order valence-electron chi connectivity index (χ2n) is 5.60. The lowest BCUT2D eigenvalue weighted by molar-refractivity contribution is -0.137. The molecule has 1 saturated heterocycles. The Bertz CT molecular complexity index is 621. The first-order chi connectivity index (χ1) is 10.9. The van der Waals surface area contributed by atoms with E-state index in [1.165, 1.54) is 6.07 Å². The molecule has 0 radical (unpaired) electrons. The molecule has 2 amide bonds. The van der Waals surface area contributed by atoms with Crippen molar-refractivity contribution in [2.45, 2.75) is 19.8 Å². The summed E-state index contributed by atoms with van der Waals surface area (Å²) in [5, 5.41) is 9.82. The normalized spacial score (nSPS) is 15.3. The summed E-state index contributed by atoms with van der Waals surface area (Å²) in [5.74, 6) is -1.77. The number of amides is 2. The number of hydrogen-bond donors (Lipinski definition) is 2. The number of phenolic OH excluding ortho intramolecular Hbond substituents is 1. The van der Waals surface area contributed by atoms with Crippen LogP contribution in [-0.2, 0) is 14.3 Å². The fourth-order valence-electron chi connectivity index (χ4n) is 2.53. The summed E-state index contributed by atoms with van der Waals surface area (Å²) in [7, 11) is 0. The minimum atomic E-state index is -0.744. The van der Waals surface area contributed by atoms with E-state index in [0.717, 1.165) is 0 Å². The maximum absolute atomic E-state index is 12.0.